The fourth-order valence-electron chi connectivity index (χ4n) is 9.67. The summed E-state index contributed by atoms with van der Waals surface area (Å²) in [6.45, 7) is 6.78. The SMILES string of the molecule is CC(C)(C)c1ccc(Nc2cc3sc4ccccc4c3cc2-c2ccc3c4cc5c(cc4n4c3c2[B]c2cc3occ(-c6ccccc6)c3cc2-4)oc2ccccc25)cc1. The van der Waals surface area contributed by atoms with Crippen molar-refractivity contribution in [2.45, 2.75) is 26.2 Å². The monoisotopic (exact) mass is 787 g/mol. The number of thiophene rings is 1. The zero-order valence-corrected chi connectivity index (χ0v) is 34.1. The molecule has 6 heteroatoms. The van der Waals surface area contributed by atoms with E-state index in [9.17, 15) is 0 Å². The van der Waals surface area contributed by atoms with Crippen LogP contribution in [0.1, 0.15) is 26.3 Å². The molecule has 12 aromatic rings. The number of hydrogen-bond donors (Lipinski definition) is 1. The Balaban J connectivity index is 1.10. The molecular formula is C54H36BN2O2S. The van der Waals surface area contributed by atoms with Crippen molar-refractivity contribution in [1.82, 2.24) is 4.57 Å². The lowest BCUT2D eigenvalue weighted by Crippen LogP contribution is -2.37. The average Bonchev–Trinajstić information content (AvgIpc) is 4.03. The highest BCUT2D eigenvalue weighted by Gasteiger charge is 2.29. The molecule has 283 valence electrons. The second-order valence-corrected chi connectivity index (χ2v) is 18.3. The van der Waals surface area contributed by atoms with E-state index in [1.54, 1.807) is 0 Å². The largest absolute Gasteiger partial charge is 0.464 e. The van der Waals surface area contributed by atoms with Gasteiger partial charge < -0.3 is 18.7 Å². The molecule has 0 saturated carbocycles. The number of nitrogens with one attached hydrogen (secondary N) is 1. The topological polar surface area (TPSA) is 43.2 Å². The van der Waals surface area contributed by atoms with Crippen molar-refractivity contribution < 1.29 is 8.83 Å². The number of rotatable bonds is 4. The summed E-state index contributed by atoms with van der Waals surface area (Å²) in [5.74, 6) is 0. The standard InChI is InChI=1S/C54H36BN2O2S/c1-54(2,3)31-17-19-32(20-18-31)56-44-27-51-41(34-14-8-10-16-50(34)60-51)23-37(44)35-21-22-36-38-24-39-33-13-7-9-15-47(33)59-49(39)28-45(38)57-46-25-40-42(30-11-5-4-6-12-30)29-58-48(40)26-43(46)55-52(35)53(36)57/h4-29,56H,1-3H3. The highest BCUT2D eigenvalue weighted by molar-refractivity contribution is 7.25. The predicted octanol–water partition coefficient (Wildman–Crippen LogP) is 14.1. The van der Waals surface area contributed by atoms with E-state index in [1.807, 2.05) is 23.7 Å². The van der Waals surface area contributed by atoms with Gasteiger partial charge in [0.15, 0.2) is 7.28 Å². The van der Waals surface area contributed by atoms with Crippen molar-refractivity contribution in [3.05, 3.63) is 163 Å². The van der Waals surface area contributed by atoms with Gasteiger partial charge in [-0.15, -0.1) is 11.3 Å². The molecule has 5 heterocycles. The Morgan fingerprint density at radius 3 is 2.22 bits per heavy atom. The Kier molecular flexibility index (Phi) is 6.93. The molecule has 4 aromatic heterocycles. The maximum Gasteiger partial charge on any atom is 0.198 e. The third kappa shape index (κ3) is 4.92. The normalized spacial score (nSPS) is 12.7. The van der Waals surface area contributed by atoms with Gasteiger partial charge in [0.1, 0.15) is 16.7 Å². The van der Waals surface area contributed by atoms with E-state index in [0.717, 1.165) is 77.6 Å². The van der Waals surface area contributed by atoms with Crippen LogP contribution in [0.4, 0.5) is 11.4 Å². The minimum atomic E-state index is 0.0718. The summed E-state index contributed by atoms with van der Waals surface area (Å²) in [5.41, 5.74) is 16.4. The molecule has 13 rings (SSSR count). The zero-order valence-electron chi connectivity index (χ0n) is 33.3. The van der Waals surface area contributed by atoms with Crippen molar-refractivity contribution >= 4 is 116 Å². The molecule has 0 fully saturated rings. The average molecular weight is 788 g/mol. The summed E-state index contributed by atoms with van der Waals surface area (Å²) in [6.07, 6.45) is 1.90. The smallest absolute Gasteiger partial charge is 0.198 e. The molecule has 1 radical (unpaired) electrons. The van der Waals surface area contributed by atoms with Gasteiger partial charge in [-0.25, -0.2) is 0 Å². The molecule has 1 N–H and O–H groups in total. The van der Waals surface area contributed by atoms with Gasteiger partial charge in [-0.3, -0.25) is 0 Å². The van der Waals surface area contributed by atoms with E-state index in [4.69, 9.17) is 8.83 Å². The second kappa shape index (κ2) is 12.3. The Morgan fingerprint density at radius 2 is 1.37 bits per heavy atom. The summed E-state index contributed by atoms with van der Waals surface area (Å²) < 4.78 is 17.9. The molecule has 60 heavy (non-hydrogen) atoms. The number of benzene rings is 8. The number of nitrogens with zero attached hydrogens (tertiary/aromatic N) is 1. The Hall–Kier alpha value is -7.02. The molecule has 4 nitrogen and oxygen atoms in total. The number of aromatic nitrogens is 1. The van der Waals surface area contributed by atoms with Crippen LogP contribution in [0.5, 0.6) is 0 Å². The first-order chi connectivity index (χ1) is 29.3. The van der Waals surface area contributed by atoms with Gasteiger partial charge in [0.05, 0.1) is 11.8 Å². The summed E-state index contributed by atoms with van der Waals surface area (Å²) in [5, 5.41) is 12.2. The van der Waals surface area contributed by atoms with Crippen molar-refractivity contribution in [3.63, 3.8) is 0 Å². The third-order valence-electron chi connectivity index (χ3n) is 12.7. The van der Waals surface area contributed by atoms with E-state index < -0.39 is 0 Å². The minimum absolute atomic E-state index is 0.0718. The minimum Gasteiger partial charge on any atom is -0.464 e. The first kappa shape index (κ1) is 33.9. The molecule has 0 bridgehead atoms. The van der Waals surface area contributed by atoms with Crippen LogP contribution in [0.15, 0.2) is 167 Å². The molecular weight excluding hydrogens is 751 g/mol. The summed E-state index contributed by atoms with van der Waals surface area (Å²) in [7, 11) is 2.38. The van der Waals surface area contributed by atoms with Crippen LogP contribution >= 0.6 is 11.3 Å². The fourth-order valence-corrected chi connectivity index (χ4v) is 10.8. The van der Waals surface area contributed by atoms with Crippen LogP contribution in [0.2, 0.25) is 0 Å². The molecule has 0 amide bonds. The van der Waals surface area contributed by atoms with Crippen LogP contribution in [0.25, 0.3) is 103 Å². The molecule has 0 unspecified atom stereocenters. The highest BCUT2D eigenvalue weighted by Crippen LogP contribution is 2.45. The van der Waals surface area contributed by atoms with Gasteiger partial charge in [-0.2, -0.15) is 0 Å². The first-order valence-corrected chi connectivity index (χ1v) is 21.4. The summed E-state index contributed by atoms with van der Waals surface area (Å²) >= 11 is 1.85. The Bertz CT molecular complexity index is 3750. The van der Waals surface area contributed by atoms with Crippen LogP contribution in [-0.2, 0) is 5.41 Å². The second-order valence-electron chi connectivity index (χ2n) is 17.2. The number of hydrogen-bond acceptors (Lipinski definition) is 4. The van der Waals surface area contributed by atoms with E-state index in [2.05, 4.69) is 184 Å². The van der Waals surface area contributed by atoms with Crippen molar-refractivity contribution in [2.24, 2.45) is 0 Å². The maximum atomic E-state index is 6.54. The van der Waals surface area contributed by atoms with Gasteiger partial charge in [0, 0.05) is 86.9 Å². The third-order valence-corrected chi connectivity index (χ3v) is 13.8. The lowest BCUT2D eigenvalue weighted by Gasteiger charge is -2.24. The molecule has 0 atom stereocenters. The number of fused-ring (bicyclic) bond motifs is 12. The van der Waals surface area contributed by atoms with E-state index in [1.165, 1.54) is 53.1 Å². The van der Waals surface area contributed by atoms with Gasteiger partial charge in [0.2, 0.25) is 0 Å². The Labute approximate surface area is 350 Å². The van der Waals surface area contributed by atoms with Crippen LogP contribution < -0.4 is 16.2 Å². The molecule has 1 aliphatic rings. The summed E-state index contributed by atoms with van der Waals surface area (Å²) in [6, 6.07) is 55.1. The van der Waals surface area contributed by atoms with Crippen molar-refractivity contribution in [3.8, 4) is 27.9 Å². The maximum absolute atomic E-state index is 6.54. The number of anilines is 2. The van der Waals surface area contributed by atoms with E-state index >= 15 is 0 Å². The van der Waals surface area contributed by atoms with Gasteiger partial charge >= 0.3 is 0 Å². The van der Waals surface area contributed by atoms with Crippen LogP contribution in [0, 0.1) is 0 Å². The lowest BCUT2D eigenvalue weighted by atomic mass is 9.59. The molecule has 8 aromatic carbocycles. The van der Waals surface area contributed by atoms with E-state index in [0.29, 0.717) is 0 Å². The molecule has 0 spiro atoms. The quantitative estimate of drug-likeness (QED) is 0.181. The van der Waals surface area contributed by atoms with E-state index in [-0.39, 0.29) is 5.41 Å². The van der Waals surface area contributed by atoms with Gasteiger partial charge in [0.25, 0.3) is 0 Å². The predicted molar refractivity (Wildman–Crippen MR) is 255 cm³/mol. The zero-order chi connectivity index (χ0) is 39.9. The first-order valence-electron chi connectivity index (χ1n) is 20.6. The van der Waals surface area contributed by atoms with Gasteiger partial charge in [-0.05, 0) is 82.2 Å². The fraction of sp³-hybridized carbons (Fsp3) is 0.0741. The highest BCUT2D eigenvalue weighted by atomic mass is 32.1. The van der Waals surface area contributed by atoms with Crippen LogP contribution in [0.3, 0.4) is 0 Å². The Morgan fingerprint density at radius 1 is 0.567 bits per heavy atom. The van der Waals surface area contributed by atoms with Crippen molar-refractivity contribution in [1.29, 1.82) is 0 Å². The number of para-hydroxylation sites is 1. The molecule has 0 saturated heterocycles. The van der Waals surface area contributed by atoms with Gasteiger partial charge in [-0.1, -0.05) is 117 Å². The number of furan rings is 2. The summed E-state index contributed by atoms with van der Waals surface area (Å²) in [4.78, 5) is 0. The molecule has 1 aliphatic heterocycles. The van der Waals surface area contributed by atoms with Crippen LogP contribution in [-0.4, -0.2) is 11.8 Å². The van der Waals surface area contributed by atoms with Crippen molar-refractivity contribution in [2.75, 3.05) is 5.32 Å². The lowest BCUT2D eigenvalue weighted by molar-refractivity contribution is 0.590. The molecule has 0 aliphatic carbocycles.